The van der Waals surface area contributed by atoms with Crippen molar-refractivity contribution in [1.29, 1.82) is 0 Å². The van der Waals surface area contributed by atoms with Crippen molar-refractivity contribution >= 4 is 11.8 Å². The Morgan fingerprint density at radius 1 is 1.25 bits per heavy atom. The maximum absolute atomic E-state index is 11.4. The molecule has 0 spiro atoms. The molecular weight excluding hydrogens is 208 g/mol. The molecule has 5 heteroatoms. The lowest BCUT2D eigenvalue weighted by molar-refractivity contribution is -0.126. The van der Waals surface area contributed by atoms with Gasteiger partial charge in [-0.3, -0.25) is 9.59 Å². The predicted molar refractivity (Wildman–Crippen MR) is 61.8 cm³/mol. The summed E-state index contributed by atoms with van der Waals surface area (Å²) in [6.07, 6.45) is 2.54. The van der Waals surface area contributed by atoms with Gasteiger partial charge in [0, 0.05) is 19.1 Å². The third-order valence-electron chi connectivity index (χ3n) is 2.26. The summed E-state index contributed by atoms with van der Waals surface area (Å²) in [4.78, 5) is 22.5. The summed E-state index contributed by atoms with van der Waals surface area (Å²) in [5.74, 6) is -0.308. The number of hydrogen-bond donors (Lipinski definition) is 3. The summed E-state index contributed by atoms with van der Waals surface area (Å²) in [7, 11) is 0. The Bertz CT molecular complexity index is 219. The largest absolute Gasteiger partial charge is 0.396 e. The topological polar surface area (TPSA) is 78.4 Å². The third kappa shape index (κ3) is 7.23. The fraction of sp³-hybridized carbons (Fsp3) is 0.818. The molecule has 0 saturated carbocycles. The lowest BCUT2D eigenvalue weighted by atomic mass is 10.1. The summed E-state index contributed by atoms with van der Waals surface area (Å²) in [5.41, 5.74) is 0. The number of amides is 2. The number of aliphatic hydroxyl groups excluding tert-OH is 1. The van der Waals surface area contributed by atoms with Crippen LogP contribution in [0.3, 0.4) is 0 Å². The van der Waals surface area contributed by atoms with Gasteiger partial charge in [-0.1, -0.05) is 13.8 Å². The molecule has 16 heavy (non-hydrogen) atoms. The van der Waals surface area contributed by atoms with Crippen molar-refractivity contribution in [3.8, 4) is 0 Å². The zero-order chi connectivity index (χ0) is 12.4. The summed E-state index contributed by atoms with van der Waals surface area (Å²) in [5, 5.41) is 14.0. The highest BCUT2D eigenvalue weighted by Crippen LogP contribution is 1.95. The molecule has 3 N–H and O–H groups in total. The molecule has 0 aromatic heterocycles. The molecule has 0 aromatic rings. The van der Waals surface area contributed by atoms with Crippen LogP contribution < -0.4 is 10.6 Å². The number of carbonyl (C=O) groups excluding carboxylic acids is 2. The van der Waals surface area contributed by atoms with Gasteiger partial charge in [0.2, 0.25) is 11.8 Å². The van der Waals surface area contributed by atoms with Crippen LogP contribution >= 0.6 is 0 Å². The molecular formula is C11H22N2O3. The van der Waals surface area contributed by atoms with Gasteiger partial charge in [-0.15, -0.1) is 0 Å². The molecule has 0 aliphatic carbocycles. The first-order chi connectivity index (χ1) is 7.63. The first-order valence-corrected chi connectivity index (χ1v) is 5.80. The van der Waals surface area contributed by atoms with Gasteiger partial charge in [-0.25, -0.2) is 0 Å². The van der Waals surface area contributed by atoms with E-state index in [-0.39, 0.29) is 31.0 Å². The van der Waals surface area contributed by atoms with Gasteiger partial charge in [0.1, 0.15) is 0 Å². The first kappa shape index (κ1) is 14.9. The summed E-state index contributed by atoms with van der Waals surface area (Å²) >= 11 is 0. The number of rotatable bonds is 8. The van der Waals surface area contributed by atoms with E-state index in [0.717, 1.165) is 12.8 Å². The van der Waals surface area contributed by atoms with Crippen LogP contribution in [0.2, 0.25) is 0 Å². The van der Waals surface area contributed by atoms with Crippen LogP contribution in [-0.2, 0) is 9.59 Å². The molecule has 0 aliphatic heterocycles. The summed E-state index contributed by atoms with van der Waals surface area (Å²) in [6.45, 7) is 3.92. The van der Waals surface area contributed by atoms with Crippen molar-refractivity contribution in [2.24, 2.45) is 0 Å². The van der Waals surface area contributed by atoms with Crippen LogP contribution in [-0.4, -0.2) is 36.1 Å². The minimum absolute atomic E-state index is 0.0134. The summed E-state index contributed by atoms with van der Waals surface area (Å²) < 4.78 is 0. The molecule has 1 atom stereocenters. The van der Waals surface area contributed by atoms with Gasteiger partial charge in [0.15, 0.2) is 0 Å². The number of carbonyl (C=O) groups is 2. The average Bonchev–Trinajstić information content (AvgIpc) is 2.26. The van der Waals surface area contributed by atoms with E-state index >= 15 is 0 Å². The lowest BCUT2D eigenvalue weighted by Gasteiger charge is -2.15. The molecule has 0 heterocycles. The standard InChI is InChI=1S/C11H22N2O3/c1-3-5-10(15)12-8-11(16)13-9(4-2)6-7-14/h9,14H,3-8H2,1-2H3,(H,12,15)(H,13,16). The molecule has 2 amide bonds. The maximum atomic E-state index is 11.4. The Labute approximate surface area is 96.6 Å². The zero-order valence-electron chi connectivity index (χ0n) is 10.1. The average molecular weight is 230 g/mol. The molecule has 0 fully saturated rings. The molecule has 0 saturated heterocycles. The van der Waals surface area contributed by atoms with E-state index in [0.29, 0.717) is 12.8 Å². The van der Waals surface area contributed by atoms with Gasteiger partial charge in [0.05, 0.1) is 6.54 Å². The maximum Gasteiger partial charge on any atom is 0.239 e. The first-order valence-electron chi connectivity index (χ1n) is 5.80. The lowest BCUT2D eigenvalue weighted by Crippen LogP contribution is -2.42. The fourth-order valence-electron chi connectivity index (χ4n) is 1.31. The minimum Gasteiger partial charge on any atom is -0.396 e. The van der Waals surface area contributed by atoms with E-state index in [4.69, 9.17) is 5.11 Å². The van der Waals surface area contributed by atoms with Crippen LogP contribution in [0.25, 0.3) is 0 Å². The van der Waals surface area contributed by atoms with Gasteiger partial charge in [-0.2, -0.15) is 0 Å². The van der Waals surface area contributed by atoms with Gasteiger partial charge in [-0.05, 0) is 19.3 Å². The van der Waals surface area contributed by atoms with E-state index in [1.807, 2.05) is 13.8 Å². The van der Waals surface area contributed by atoms with Gasteiger partial charge >= 0.3 is 0 Å². The molecule has 5 nitrogen and oxygen atoms in total. The smallest absolute Gasteiger partial charge is 0.239 e. The molecule has 0 radical (unpaired) electrons. The monoisotopic (exact) mass is 230 g/mol. The van der Waals surface area contributed by atoms with Crippen LogP contribution in [0.4, 0.5) is 0 Å². The Morgan fingerprint density at radius 3 is 2.44 bits per heavy atom. The van der Waals surface area contributed by atoms with Crippen molar-refractivity contribution < 1.29 is 14.7 Å². The molecule has 0 aromatic carbocycles. The Balaban J connectivity index is 3.75. The Kier molecular flexibility index (Phi) is 8.52. The molecule has 0 aliphatic rings. The second-order valence-electron chi connectivity index (χ2n) is 3.71. The highest BCUT2D eigenvalue weighted by atomic mass is 16.3. The van der Waals surface area contributed by atoms with Gasteiger partial charge < -0.3 is 15.7 Å². The highest BCUT2D eigenvalue weighted by Gasteiger charge is 2.10. The molecule has 0 rings (SSSR count). The minimum atomic E-state index is -0.204. The third-order valence-corrected chi connectivity index (χ3v) is 2.26. The van der Waals surface area contributed by atoms with Crippen molar-refractivity contribution in [1.82, 2.24) is 10.6 Å². The van der Waals surface area contributed by atoms with Crippen LogP contribution in [0.1, 0.15) is 39.5 Å². The second kappa shape index (κ2) is 9.15. The fourth-order valence-corrected chi connectivity index (χ4v) is 1.31. The van der Waals surface area contributed by atoms with E-state index in [1.165, 1.54) is 0 Å². The normalized spacial score (nSPS) is 11.9. The Hall–Kier alpha value is -1.10. The second-order valence-corrected chi connectivity index (χ2v) is 3.71. The van der Waals surface area contributed by atoms with Crippen LogP contribution in [0, 0.1) is 0 Å². The summed E-state index contributed by atoms with van der Waals surface area (Å²) in [6, 6.07) is -0.0134. The van der Waals surface area contributed by atoms with Crippen molar-refractivity contribution in [3.05, 3.63) is 0 Å². The highest BCUT2D eigenvalue weighted by molar-refractivity contribution is 5.84. The SMILES string of the molecule is CCCC(=O)NCC(=O)NC(CC)CCO. The molecule has 1 unspecified atom stereocenters. The number of aliphatic hydroxyl groups is 1. The predicted octanol–water partition coefficient (Wildman–Crippen LogP) is 0.180. The van der Waals surface area contributed by atoms with E-state index in [1.54, 1.807) is 0 Å². The van der Waals surface area contributed by atoms with E-state index in [2.05, 4.69) is 10.6 Å². The van der Waals surface area contributed by atoms with Crippen molar-refractivity contribution in [2.45, 2.75) is 45.6 Å². The quantitative estimate of drug-likeness (QED) is 0.556. The van der Waals surface area contributed by atoms with Crippen molar-refractivity contribution in [3.63, 3.8) is 0 Å². The number of nitrogens with one attached hydrogen (secondary N) is 2. The van der Waals surface area contributed by atoms with Crippen LogP contribution in [0.15, 0.2) is 0 Å². The van der Waals surface area contributed by atoms with E-state index < -0.39 is 0 Å². The molecule has 0 bridgehead atoms. The van der Waals surface area contributed by atoms with Crippen LogP contribution in [0.5, 0.6) is 0 Å². The van der Waals surface area contributed by atoms with Gasteiger partial charge in [0.25, 0.3) is 0 Å². The zero-order valence-corrected chi connectivity index (χ0v) is 10.1. The Morgan fingerprint density at radius 2 is 1.94 bits per heavy atom. The number of hydrogen-bond acceptors (Lipinski definition) is 3. The van der Waals surface area contributed by atoms with E-state index in [9.17, 15) is 9.59 Å². The molecule has 94 valence electrons. The van der Waals surface area contributed by atoms with Crippen molar-refractivity contribution in [2.75, 3.05) is 13.2 Å².